The number of benzene rings is 1. The Balaban J connectivity index is 1.82. The average molecular weight is 301 g/mol. The quantitative estimate of drug-likeness (QED) is 0.916. The molecule has 0 amide bonds. The van der Waals surface area contributed by atoms with E-state index in [9.17, 15) is 13.9 Å². The summed E-state index contributed by atoms with van der Waals surface area (Å²) in [4.78, 5) is 1.58. The van der Waals surface area contributed by atoms with Crippen LogP contribution in [0.4, 0.5) is 8.78 Å². The number of hydrogen-bond donors (Lipinski definition) is 1. The van der Waals surface area contributed by atoms with Crippen LogP contribution in [0.1, 0.15) is 12.0 Å². The van der Waals surface area contributed by atoms with Crippen LogP contribution in [0.25, 0.3) is 0 Å². The molecular formula is C14H17F2NO4. The molecule has 1 aromatic carbocycles. The maximum absolute atomic E-state index is 13.5. The largest absolute Gasteiger partial charge is 0.493 e. The second-order valence-corrected chi connectivity index (χ2v) is 5.33. The Morgan fingerprint density at radius 1 is 1.43 bits per heavy atom. The van der Waals surface area contributed by atoms with Gasteiger partial charge >= 0.3 is 0 Å². The van der Waals surface area contributed by atoms with Crippen LogP contribution < -0.4 is 14.2 Å². The van der Waals surface area contributed by atoms with Gasteiger partial charge < -0.3 is 19.3 Å². The Morgan fingerprint density at radius 2 is 2.24 bits per heavy atom. The van der Waals surface area contributed by atoms with E-state index in [1.807, 2.05) is 0 Å². The highest BCUT2D eigenvalue weighted by Gasteiger charge is 2.44. The number of aliphatic hydroxyl groups excluding tert-OH is 1. The Kier molecular flexibility index (Phi) is 3.62. The summed E-state index contributed by atoms with van der Waals surface area (Å²) in [6.07, 6.45) is -0.314. The van der Waals surface area contributed by atoms with Crippen LogP contribution in [0.2, 0.25) is 0 Å². The number of hydrogen-bond acceptors (Lipinski definition) is 5. The third-order valence-corrected chi connectivity index (χ3v) is 3.80. The lowest BCUT2D eigenvalue weighted by Crippen LogP contribution is -2.32. The molecule has 0 saturated carbocycles. The van der Waals surface area contributed by atoms with Crippen LogP contribution in [0.5, 0.6) is 17.2 Å². The fourth-order valence-corrected chi connectivity index (χ4v) is 2.84. The van der Waals surface area contributed by atoms with Gasteiger partial charge in [-0.2, -0.15) is 0 Å². The Bertz CT molecular complexity index is 538. The van der Waals surface area contributed by atoms with Crippen molar-refractivity contribution in [1.29, 1.82) is 0 Å². The summed E-state index contributed by atoms with van der Waals surface area (Å²) in [5.41, 5.74) is 0.784. The standard InChI is InChI=1S/C14H17F2NO4/c1-19-11-2-9(3-12-13(11)21-8-20-12)5-17-7-14(15,16)4-10(17)6-18/h2-3,10,18H,4-8H2,1H3. The minimum absolute atomic E-state index is 0.121. The third-order valence-electron chi connectivity index (χ3n) is 3.80. The van der Waals surface area contributed by atoms with Crippen molar-refractivity contribution in [3.05, 3.63) is 17.7 Å². The summed E-state index contributed by atoms with van der Waals surface area (Å²) in [6, 6.07) is 2.98. The summed E-state index contributed by atoms with van der Waals surface area (Å²) in [5, 5.41) is 9.26. The maximum Gasteiger partial charge on any atom is 0.262 e. The molecule has 1 aromatic rings. The number of ether oxygens (including phenoxy) is 3. The highest BCUT2D eigenvalue weighted by Crippen LogP contribution is 2.42. The van der Waals surface area contributed by atoms with Gasteiger partial charge in [-0.05, 0) is 17.7 Å². The number of alkyl halides is 2. The lowest BCUT2D eigenvalue weighted by Gasteiger charge is -2.22. The van der Waals surface area contributed by atoms with E-state index < -0.39 is 12.0 Å². The molecule has 0 aromatic heterocycles. The fraction of sp³-hybridized carbons (Fsp3) is 0.571. The lowest BCUT2D eigenvalue weighted by molar-refractivity contribution is 0.0111. The molecule has 3 rings (SSSR count). The maximum atomic E-state index is 13.5. The van der Waals surface area contributed by atoms with Gasteiger partial charge in [-0.1, -0.05) is 0 Å². The average Bonchev–Trinajstić information content (AvgIpc) is 3.01. The zero-order valence-electron chi connectivity index (χ0n) is 11.6. The van der Waals surface area contributed by atoms with Crippen molar-refractivity contribution in [2.45, 2.75) is 24.9 Å². The topological polar surface area (TPSA) is 51.2 Å². The van der Waals surface area contributed by atoms with Crippen molar-refractivity contribution in [3.8, 4) is 17.2 Å². The zero-order valence-corrected chi connectivity index (χ0v) is 11.6. The van der Waals surface area contributed by atoms with Crippen molar-refractivity contribution < 1.29 is 28.1 Å². The molecule has 1 fully saturated rings. The first-order valence-electron chi connectivity index (χ1n) is 6.71. The van der Waals surface area contributed by atoms with Gasteiger partial charge in [0.2, 0.25) is 12.5 Å². The van der Waals surface area contributed by atoms with E-state index in [0.717, 1.165) is 5.56 Å². The molecule has 2 aliphatic heterocycles. The fourth-order valence-electron chi connectivity index (χ4n) is 2.84. The first-order chi connectivity index (χ1) is 10.0. The molecule has 1 atom stereocenters. The van der Waals surface area contributed by atoms with Gasteiger partial charge in [-0.3, -0.25) is 4.90 Å². The molecule has 0 aliphatic carbocycles. The van der Waals surface area contributed by atoms with E-state index in [4.69, 9.17) is 14.2 Å². The number of fused-ring (bicyclic) bond motifs is 1. The molecule has 1 N–H and O–H groups in total. The summed E-state index contributed by atoms with van der Waals surface area (Å²) >= 11 is 0. The van der Waals surface area contributed by atoms with Crippen molar-refractivity contribution in [2.75, 3.05) is 27.1 Å². The van der Waals surface area contributed by atoms with Crippen molar-refractivity contribution in [1.82, 2.24) is 4.90 Å². The van der Waals surface area contributed by atoms with Crippen molar-refractivity contribution in [2.24, 2.45) is 0 Å². The monoisotopic (exact) mass is 301 g/mol. The number of rotatable bonds is 4. The molecule has 0 radical (unpaired) electrons. The van der Waals surface area contributed by atoms with E-state index in [0.29, 0.717) is 23.8 Å². The molecule has 7 heteroatoms. The number of methoxy groups -OCH3 is 1. The summed E-state index contributed by atoms with van der Waals surface area (Å²) in [7, 11) is 1.52. The summed E-state index contributed by atoms with van der Waals surface area (Å²) in [5.74, 6) is -1.15. The molecule has 116 valence electrons. The minimum Gasteiger partial charge on any atom is -0.493 e. The molecule has 21 heavy (non-hydrogen) atoms. The predicted molar refractivity (Wildman–Crippen MR) is 70.0 cm³/mol. The van der Waals surface area contributed by atoms with Crippen LogP contribution in [0, 0.1) is 0 Å². The van der Waals surface area contributed by atoms with Gasteiger partial charge in [0.25, 0.3) is 5.92 Å². The van der Waals surface area contributed by atoms with Crippen LogP contribution in [-0.2, 0) is 6.54 Å². The van der Waals surface area contributed by atoms with Crippen LogP contribution in [0.3, 0.4) is 0 Å². The van der Waals surface area contributed by atoms with Gasteiger partial charge in [0, 0.05) is 19.0 Å². The number of aliphatic hydroxyl groups is 1. The highest BCUT2D eigenvalue weighted by molar-refractivity contribution is 5.55. The van der Waals surface area contributed by atoms with E-state index in [1.165, 1.54) is 7.11 Å². The Morgan fingerprint density at radius 3 is 2.95 bits per heavy atom. The molecule has 1 saturated heterocycles. The minimum atomic E-state index is -2.76. The number of halogens is 2. The first kappa shape index (κ1) is 14.3. The molecule has 0 spiro atoms. The van der Waals surface area contributed by atoms with Crippen LogP contribution >= 0.6 is 0 Å². The Hall–Kier alpha value is -1.60. The summed E-state index contributed by atoms with van der Waals surface area (Å²) in [6.45, 7) is -0.212. The van der Waals surface area contributed by atoms with Gasteiger partial charge in [-0.15, -0.1) is 0 Å². The van der Waals surface area contributed by atoms with Crippen LogP contribution in [-0.4, -0.2) is 49.0 Å². The van der Waals surface area contributed by atoms with Crippen LogP contribution in [0.15, 0.2) is 12.1 Å². The molecular weight excluding hydrogens is 284 g/mol. The Labute approximate surface area is 121 Å². The molecule has 2 heterocycles. The van der Waals surface area contributed by atoms with Gasteiger partial charge in [0.05, 0.1) is 20.3 Å². The predicted octanol–water partition coefficient (Wildman–Crippen LogP) is 1.63. The molecule has 1 unspecified atom stereocenters. The van der Waals surface area contributed by atoms with Crippen molar-refractivity contribution in [3.63, 3.8) is 0 Å². The van der Waals surface area contributed by atoms with Crippen molar-refractivity contribution >= 4 is 0 Å². The number of likely N-dealkylation sites (tertiary alicyclic amines) is 1. The first-order valence-corrected chi connectivity index (χ1v) is 6.71. The van der Waals surface area contributed by atoms with Gasteiger partial charge in [-0.25, -0.2) is 8.78 Å². The smallest absolute Gasteiger partial charge is 0.262 e. The second-order valence-electron chi connectivity index (χ2n) is 5.33. The molecule has 5 nitrogen and oxygen atoms in total. The second kappa shape index (κ2) is 5.31. The van der Waals surface area contributed by atoms with E-state index >= 15 is 0 Å². The zero-order chi connectivity index (χ0) is 15.0. The normalized spacial score (nSPS) is 23.5. The van der Waals surface area contributed by atoms with E-state index in [1.54, 1.807) is 17.0 Å². The van der Waals surface area contributed by atoms with Gasteiger partial charge in [0.1, 0.15) is 0 Å². The van der Waals surface area contributed by atoms with E-state index in [-0.39, 0.29) is 26.4 Å². The molecule has 0 bridgehead atoms. The van der Waals surface area contributed by atoms with E-state index in [2.05, 4.69) is 0 Å². The highest BCUT2D eigenvalue weighted by atomic mass is 19.3. The SMILES string of the molecule is COc1cc(CN2CC(F)(F)CC2CO)cc2c1OCO2. The third kappa shape index (κ3) is 2.75. The summed E-state index contributed by atoms with van der Waals surface area (Å²) < 4.78 is 42.8. The van der Waals surface area contributed by atoms with Gasteiger partial charge in [0.15, 0.2) is 11.5 Å². The number of nitrogens with zero attached hydrogens (tertiary/aromatic N) is 1. The lowest BCUT2D eigenvalue weighted by atomic mass is 10.1. The molecule has 2 aliphatic rings.